The highest BCUT2D eigenvalue weighted by Crippen LogP contribution is 2.12. The number of amides is 1. The van der Waals surface area contributed by atoms with Crippen LogP contribution in [-0.4, -0.2) is 40.5 Å². The van der Waals surface area contributed by atoms with Crippen molar-refractivity contribution in [2.75, 3.05) is 20.3 Å². The van der Waals surface area contributed by atoms with Crippen LogP contribution in [0.5, 0.6) is 0 Å². The molecule has 3 aromatic rings. The molecule has 0 bridgehead atoms. The molecule has 0 saturated heterocycles. The second-order valence-corrected chi connectivity index (χ2v) is 7.44. The molecule has 0 unspecified atom stereocenters. The minimum absolute atomic E-state index is 0.0328. The number of hydrogen-bond donors (Lipinski definition) is 1. The van der Waals surface area contributed by atoms with Crippen LogP contribution in [0.3, 0.4) is 0 Å². The van der Waals surface area contributed by atoms with E-state index >= 15 is 0 Å². The molecule has 0 saturated carbocycles. The third-order valence-electron chi connectivity index (χ3n) is 5.02. The predicted octanol–water partition coefficient (Wildman–Crippen LogP) is 1.74. The van der Waals surface area contributed by atoms with E-state index < -0.39 is 17.2 Å². The van der Waals surface area contributed by atoms with E-state index in [0.29, 0.717) is 12.3 Å². The number of carbonyl (C=O) groups is 1. The number of aromatic nitrogens is 3. The van der Waals surface area contributed by atoms with Gasteiger partial charge in [0.2, 0.25) is 5.69 Å². The number of benzene rings is 2. The Morgan fingerprint density at radius 3 is 2.52 bits per heavy atom. The Labute approximate surface area is 180 Å². The fourth-order valence-electron chi connectivity index (χ4n) is 3.17. The van der Waals surface area contributed by atoms with E-state index in [1.807, 2.05) is 51.1 Å². The summed E-state index contributed by atoms with van der Waals surface area (Å²) in [5, 5.41) is 6.73. The molecule has 3 rings (SSSR count). The molecule has 31 heavy (non-hydrogen) atoms. The van der Waals surface area contributed by atoms with Crippen LogP contribution >= 0.6 is 0 Å². The molecular formula is C23H26N4O4. The SMILES string of the molecule is COCCNC(=O)c1nn(-c2ccc(C)c(C)c2)c(=O)n(Cc2cccc(C)c2)c1=O. The smallest absolute Gasteiger partial charge is 0.352 e. The lowest BCUT2D eigenvalue weighted by Gasteiger charge is -2.13. The molecule has 0 spiro atoms. The molecular weight excluding hydrogens is 396 g/mol. The molecule has 2 aromatic carbocycles. The van der Waals surface area contributed by atoms with Crippen LogP contribution in [0.2, 0.25) is 0 Å². The van der Waals surface area contributed by atoms with E-state index in [1.54, 1.807) is 12.1 Å². The molecule has 0 aliphatic rings. The van der Waals surface area contributed by atoms with Crippen LogP contribution in [-0.2, 0) is 11.3 Å². The number of aryl methyl sites for hydroxylation is 3. The van der Waals surface area contributed by atoms with Crippen LogP contribution < -0.4 is 16.6 Å². The molecule has 0 radical (unpaired) electrons. The van der Waals surface area contributed by atoms with E-state index in [0.717, 1.165) is 31.5 Å². The van der Waals surface area contributed by atoms with E-state index in [4.69, 9.17) is 4.74 Å². The maximum atomic E-state index is 13.2. The first-order chi connectivity index (χ1) is 14.8. The molecule has 0 atom stereocenters. The van der Waals surface area contributed by atoms with Gasteiger partial charge in [-0.1, -0.05) is 35.9 Å². The normalized spacial score (nSPS) is 10.8. The number of nitrogens with zero attached hydrogens (tertiary/aromatic N) is 3. The van der Waals surface area contributed by atoms with Crippen LogP contribution in [0.15, 0.2) is 52.1 Å². The van der Waals surface area contributed by atoms with E-state index in [2.05, 4.69) is 10.4 Å². The molecule has 8 nitrogen and oxygen atoms in total. The van der Waals surface area contributed by atoms with Gasteiger partial charge in [0.1, 0.15) is 0 Å². The third kappa shape index (κ3) is 4.97. The monoisotopic (exact) mass is 422 g/mol. The van der Waals surface area contributed by atoms with Crippen molar-refractivity contribution in [2.45, 2.75) is 27.3 Å². The molecule has 1 heterocycles. The van der Waals surface area contributed by atoms with Crippen molar-refractivity contribution in [1.29, 1.82) is 0 Å². The summed E-state index contributed by atoms with van der Waals surface area (Å²) in [6.45, 7) is 6.36. The van der Waals surface area contributed by atoms with Crippen molar-refractivity contribution in [3.8, 4) is 5.69 Å². The lowest BCUT2D eigenvalue weighted by Crippen LogP contribution is -2.46. The second-order valence-electron chi connectivity index (χ2n) is 7.44. The van der Waals surface area contributed by atoms with Crippen molar-refractivity contribution >= 4 is 5.91 Å². The number of hydrogen-bond acceptors (Lipinski definition) is 5. The molecule has 1 aromatic heterocycles. The lowest BCUT2D eigenvalue weighted by molar-refractivity contribution is 0.0927. The van der Waals surface area contributed by atoms with Gasteiger partial charge in [-0.3, -0.25) is 14.2 Å². The Kier molecular flexibility index (Phi) is 6.81. The maximum Gasteiger partial charge on any atom is 0.352 e. The fourth-order valence-corrected chi connectivity index (χ4v) is 3.17. The number of rotatable bonds is 7. The minimum atomic E-state index is -0.735. The number of nitrogens with one attached hydrogen (secondary N) is 1. The van der Waals surface area contributed by atoms with Gasteiger partial charge in [0, 0.05) is 13.7 Å². The summed E-state index contributed by atoms with van der Waals surface area (Å²) in [7, 11) is 1.51. The Morgan fingerprint density at radius 1 is 1.06 bits per heavy atom. The average Bonchev–Trinajstić information content (AvgIpc) is 2.73. The Bertz CT molecular complexity index is 1230. The molecule has 162 valence electrons. The predicted molar refractivity (Wildman–Crippen MR) is 118 cm³/mol. The van der Waals surface area contributed by atoms with Gasteiger partial charge in [0.15, 0.2) is 0 Å². The van der Waals surface area contributed by atoms with Gasteiger partial charge in [0.25, 0.3) is 11.5 Å². The number of ether oxygens (including phenoxy) is 1. The van der Waals surface area contributed by atoms with E-state index in [-0.39, 0.29) is 18.8 Å². The highest BCUT2D eigenvalue weighted by molar-refractivity contribution is 5.91. The Morgan fingerprint density at radius 2 is 1.84 bits per heavy atom. The van der Waals surface area contributed by atoms with Crippen molar-refractivity contribution in [1.82, 2.24) is 19.7 Å². The highest BCUT2D eigenvalue weighted by Gasteiger charge is 2.20. The standard InChI is InChI=1S/C23H26N4O4/c1-15-6-5-7-18(12-15)14-26-22(29)20(21(28)24-10-11-31-4)25-27(23(26)30)19-9-8-16(2)17(3)13-19/h5-9,12-13H,10-11,14H2,1-4H3,(H,24,28). The van der Waals surface area contributed by atoms with Crippen molar-refractivity contribution < 1.29 is 9.53 Å². The van der Waals surface area contributed by atoms with Crippen molar-refractivity contribution in [3.63, 3.8) is 0 Å². The van der Waals surface area contributed by atoms with Crippen LogP contribution in [0, 0.1) is 20.8 Å². The molecule has 1 N–H and O–H groups in total. The summed E-state index contributed by atoms with van der Waals surface area (Å²) < 4.78 is 7.08. The van der Waals surface area contributed by atoms with Gasteiger partial charge in [0.05, 0.1) is 18.8 Å². The Hall–Kier alpha value is -3.52. The molecule has 0 fully saturated rings. The summed E-state index contributed by atoms with van der Waals surface area (Å²) in [6.07, 6.45) is 0. The Balaban J connectivity index is 2.17. The summed E-state index contributed by atoms with van der Waals surface area (Å²) in [5.74, 6) is -0.655. The number of carbonyl (C=O) groups excluding carboxylic acids is 1. The maximum absolute atomic E-state index is 13.2. The lowest BCUT2D eigenvalue weighted by atomic mass is 10.1. The van der Waals surface area contributed by atoms with Crippen LogP contribution in [0.25, 0.3) is 5.69 Å². The van der Waals surface area contributed by atoms with Gasteiger partial charge in [-0.2, -0.15) is 9.78 Å². The zero-order valence-corrected chi connectivity index (χ0v) is 18.1. The fraction of sp³-hybridized carbons (Fsp3) is 0.304. The topological polar surface area (TPSA) is 95.2 Å². The molecule has 0 aliphatic heterocycles. The molecule has 8 heteroatoms. The molecule has 1 amide bonds. The zero-order valence-electron chi connectivity index (χ0n) is 18.1. The third-order valence-corrected chi connectivity index (χ3v) is 5.02. The summed E-state index contributed by atoms with van der Waals surface area (Å²) >= 11 is 0. The van der Waals surface area contributed by atoms with Crippen molar-refractivity contribution in [3.05, 3.63) is 91.3 Å². The van der Waals surface area contributed by atoms with Gasteiger partial charge < -0.3 is 10.1 Å². The minimum Gasteiger partial charge on any atom is -0.383 e. The zero-order chi connectivity index (χ0) is 22.5. The summed E-state index contributed by atoms with van der Waals surface area (Å²) in [5.41, 5.74) is 2.61. The average molecular weight is 422 g/mol. The van der Waals surface area contributed by atoms with Gasteiger partial charge in [-0.25, -0.2) is 4.79 Å². The second kappa shape index (κ2) is 9.53. The quantitative estimate of drug-likeness (QED) is 0.586. The highest BCUT2D eigenvalue weighted by atomic mass is 16.5. The molecule has 0 aliphatic carbocycles. The van der Waals surface area contributed by atoms with Crippen molar-refractivity contribution in [2.24, 2.45) is 0 Å². The van der Waals surface area contributed by atoms with Gasteiger partial charge >= 0.3 is 5.69 Å². The first-order valence-corrected chi connectivity index (χ1v) is 9.96. The van der Waals surface area contributed by atoms with Crippen LogP contribution in [0.1, 0.15) is 32.7 Å². The van der Waals surface area contributed by atoms with E-state index in [9.17, 15) is 14.4 Å². The summed E-state index contributed by atoms with van der Waals surface area (Å²) in [4.78, 5) is 38.9. The first-order valence-electron chi connectivity index (χ1n) is 9.96. The number of methoxy groups -OCH3 is 1. The largest absolute Gasteiger partial charge is 0.383 e. The van der Waals surface area contributed by atoms with E-state index in [1.165, 1.54) is 7.11 Å². The van der Waals surface area contributed by atoms with Gasteiger partial charge in [-0.05, 0) is 49.6 Å². The van der Waals surface area contributed by atoms with Crippen LogP contribution in [0.4, 0.5) is 0 Å². The first kappa shape index (κ1) is 22.2. The van der Waals surface area contributed by atoms with Gasteiger partial charge in [-0.15, -0.1) is 0 Å². The summed E-state index contributed by atoms with van der Waals surface area (Å²) in [6, 6.07) is 12.9.